The third kappa shape index (κ3) is 5.92. The molecule has 9 heteroatoms. The molecule has 2 saturated heterocycles. The number of carbonyl (C=O) groups excluding carboxylic acids is 2. The maximum atomic E-state index is 13.9. The molecular formula is C28H33FN4O4. The molecule has 37 heavy (non-hydrogen) atoms. The molecule has 3 N–H and O–H groups in total. The predicted molar refractivity (Wildman–Crippen MR) is 136 cm³/mol. The van der Waals surface area contributed by atoms with Crippen LogP contribution in [0.3, 0.4) is 0 Å². The smallest absolute Gasteiger partial charge is 0.408 e. The number of halogens is 1. The number of carbonyl (C=O) groups is 2. The van der Waals surface area contributed by atoms with Gasteiger partial charge in [-0.05, 0) is 68.6 Å². The number of nitrogens with zero attached hydrogens (tertiary/aromatic N) is 1. The van der Waals surface area contributed by atoms with Crippen molar-refractivity contribution >= 4 is 12.0 Å². The van der Waals surface area contributed by atoms with E-state index in [0.717, 1.165) is 11.1 Å². The number of alkyl carbamates (subject to hydrolysis) is 1. The van der Waals surface area contributed by atoms with Crippen molar-refractivity contribution in [2.75, 3.05) is 26.3 Å². The molecular weight excluding hydrogens is 475 g/mol. The van der Waals surface area contributed by atoms with Gasteiger partial charge in [0.15, 0.2) is 5.60 Å². The van der Waals surface area contributed by atoms with Crippen LogP contribution in [0.15, 0.2) is 42.5 Å². The fourth-order valence-electron chi connectivity index (χ4n) is 4.89. The molecule has 8 nitrogen and oxygen atoms in total. The largest absolute Gasteiger partial charge is 0.433 e. The van der Waals surface area contributed by atoms with E-state index in [0.29, 0.717) is 30.6 Å². The SMILES string of the molecule is CC(C)(C)NC(=O)OC1(C(=O)N[C@]2(c3ccc(-c4ccc(F)cc4)cc3C#N)CCNC2)CCOCC1. The zero-order valence-electron chi connectivity index (χ0n) is 21.4. The lowest BCUT2D eigenvalue weighted by Gasteiger charge is -2.40. The number of nitriles is 1. The van der Waals surface area contributed by atoms with Gasteiger partial charge >= 0.3 is 6.09 Å². The van der Waals surface area contributed by atoms with Crippen molar-refractivity contribution in [2.24, 2.45) is 0 Å². The van der Waals surface area contributed by atoms with E-state index < -0.39 is 28.7 Å². The van der Waals surface area contributed by atoms with Gasteiger partial charge in [-0.25, -0.2) is 9.18 Å². The van der Waals surface area contributed by atoms with Crippen LogP contribution in [-0.2, 0) is 19.8 Å². The molecule has 0 aromatic heterocycles. The van der Waals surface area contributed by atoms with Gasteiger partial charge in [0.05, 0.1) is 30.4 Å². The molecule has 0 aliphatic carbocycles. The van der Waals surface area contributed by atoms with Crippen LogP contribution in [-0.4, -0.2) is 49.4 Å². The summed E-state index contributed by atoms with van der Waals surface area (Å²) in [6.45, 7) is 7.15. The number of hydrogen-bond acceptors (Lipinski definition) is 6. The average Bonchev–Trinajstić information content (AvgIpc) is 3.32. The lowest BCUT2D eigenvalue weighted by atomic mass is 9.82. The van der Waals surface area contributed by atoms with Crippen LogP contribution >= 0.6 is 0 Å². The summed E-state index contributed by atoms with van der Waals surface area (Å²) in [5.74, 6) is -0.741. The molecule has 2 heterocycles. The minimum atomic E-state index is -1.38. The summed E-state index contributed by atoms with van der Waals surface area (Å²) in [7, 11) is 0. The van der Waals surface area contributed by atoms with E-state index >= 15 is 0 Å². The first-order valence-electron chi connectivity index (χ1n) is 12.5. The van der Waals surface area contributed by atoms with Crippen molar-refractivity contribution in [1.29, 1.82) is 5.26 Å². The molecule has 0 spiro atoms. The number of hydrogen-bond donors (Lipinski definition) is 3. The Balaban J connectivity index is 1.65. The van der Waals surface area contributed by atoms with E-state index in [1.54, 1.807) is 18.2 Å². The van der Waals surface area contributed by atoms with Crippen molar-refractivity contribution in [3.05, 3.63) is 59.4 Å². The zero-order chi connectivity index (χ0) is 26.7. The number of benzene rings is 2. The molecule has 1 atom stereocenters. The molecule has 0 radical (unpaired) electrons. The molecule has 2 aromatic carbocycles. The normalized spacial score (nSPS) is 21.1. The average molecular weight is 509 g/mol. The van der Waals surface area contributed by atoms with Crippen LogP contribution in [0.5, 0.6) is 0 Å². The van der Waals surface area contributed by atoms with E-state index in [9.17, 15) is 19.2 Å². The predicted octanol–water partition coefficient (Wildman–Crippen LogP) is 3.74. The van der Waals surface area contributed by atoms with Crippen LogP contribution < -0.4 is 16.0 Å². The summed E-state index contributed by atoms with van der Waals surface area (Å²) in [4.78, 5) is 26.5. The fraction of sp³-hybridized carbons (Fsp3) is 0.464. The number of amides is 2. The third-order valence-electron chi connectivity index (χ3n) is 6.82. The summed E-state index contributed by atoms with van der Waals surface area (Å²) in [6, 6.07) is 13.8. The minimum absolute atomic E-state index is 0.231. The van der Waals surface area contributed by atoms with Gasteiger partial charge in [0.1, 0.15) is 5.82 Å². The summed E-state index contributed by atoms with van der Waals surface area (Å²) >= 11 is 0. The maximum Gasteiger partial charge on any atom is 0.408 e. The van der Waals surface area contributed by atoms with Crippen LogP contribution in [0.1, 0.15) is 51.2 Å². The second-order valence-electron chi connectivity index (χ2n) is 10.7. The van der Waals surface area contributed by atoms with Gasteiger partial charge in [-0.15, -0.1) is 0 Å². The van der Waals surface area contributed by atoms with Gasteiger partial charge in [-0.1, -0.05) is 24.3 Å². The molecule has 2 aromatic rings. The van der Waals surface area contributed by atoms with Gasteiger partial charge in [-0.2, -0.15) is 5.26 Å². The van der Waals surface area contributed by atoms with Crippen molar-refractivity contribution in [3.63, 3.8) is 0 Å². The van der Waals surface area contributed by atoms with Crippen LogP contribution in [0.2, 0.25) is 0 Å². The first kappa shape index (κ1) is 26.6. The Morgan fingerprint density at radius 2 is 1.76 bits per heavy atom. The monoisotopic (exact) mass is 508 g/mol. The van der Waals surface area contributed by atoms with E-state index in [-0.39, 0.29) is 31.9 Å². The van der Waals surface area contributed by atoms with Gasteiger partial charge in [0, 0.05) is 24.9 Å². The van der Waals surface area contributed by atoms with Crippen molar-refractivity contribution in [2.45, 2.75) is 56.7 Å². The summed E-state index contributed by atoms with van der Waals surface area (Å²) in [6.07, 6.45) is 0.358. The Kier molecular flexibility index (Phi) is 7.53. The van der Waals surface area contributed by atoms with Crippen molar-refractivity contribution in [3.8, 4) is 17.2 Å². The third-order valence-corrected chi connectivity index (χ3v) is 6.82. The highest BCUT2D eigenvalue weighted by Gasteiger charge is 2.49. The van der Waals surface area contributed by atoms with E-state index in [2.05, 4.69) is 22.0 Å². The summed E-state index contributed by atoms with van der Waals surface area (Å²) in [5.41, 5.74) is -0.117. The molecule has 2 aliphatic rings. The lowest BCUT2D eigenvalue weighted by molar-refractivity contribution is -0.152. The standard InChI is InChI=1S/C28H33FN4O4/c1-26(2,3)33-25(35)37-28(11-14-36-15-12-28)24(34)32-27(10-13-31-18-27)23-9-6-20(16-21(23)17-30)19-4-7-22(29)8-5-19/h4-9,16,31H,10-15,18H2,1-3H3,(H,32,34)(H,33,35)/t27-/m1/s1. The molecule has 0 bridgehead atoms. The Morgan fingerprint density at radius 1 is 1.08 bits per heavy atom. The number of nitrogens with one attached hydrogen (secondary N) is 3. The first-order chi connectivity index (χ1) is 17.6. The molecule has 2 aliphatic heterocycles. The van der Waals surface area contributed by atoms with E-state index in [1.165, 1.54) is 12.1 Å². The maximum absolute atomic E-state index is 13.9. The lowest BCUT2D eigenvalue weighted by Crippen LogP contribution is -2.60. The topological polar surface area (TPSA) is 112 Å². The number of rotatable bonds is 5. The molecule has 2 amide bonds. The second-order valence-corrected chi connectivity index (χ2v) is 10.7. The van der Waals surface area contributed by atoms with Crippen molar-refractivity contribution < 1.29 is 23.5 Å². The number of ether oxygens (including phenoxy) is 2. The minimum Gasteiger partial charge on any atom is -0.433 e. The summed E-state index contributed by atoms with van der Waals surface area (Å²) < 4.78 is 24.6. The molecule has 196 valence electrons. The van der Waals surface area contributed by atoms with E-state index in [1.807, 2.05) is 32.9 Å². The fourth-order valence-corrected chi connectivity index (χ4v) is 4.89. The Hall–Kier alpha value is -3.48. The van der Waals surface area contributed by atoms with Gasteiger partial charge in [0.2, 0.25) is 0 Å². The second kappa shape index (κ2) is 10.5. The van der Waals surface area contributed by atoms with Gasteiger partial charge in [0.25, 0.3) is 5.91 Å². The Morgan fingerprint density at radius 3 is 2.35 bits per heavy atom. The van der Waals surface area contributed by atoms with Crippen LogP contribution in [0, 0.1) is 17.1 Å². The highest BCUT2D eigenvalue weighted by Crippen LogP contribution is 2.35. The van der Waals surface area contributed by atoms with Gasteiger partial charge < -0.3 is 25.4 Å². The quantitative estimate of drug-likeness (QED) is 0.567. The van der Waals surface area contributed by atoms with E-state index in [4.69, 9.17) is 9.47 Å². The Labute approximate surface area is 216 Å². The summed E-state index contributed by atoms with van der Waals surface area (Å²) in [5, 5.41) is 19.3. The first-order valence-corrected chi connectivity index (χ1v) is 12.5. The highest BCUT2D eigenvalue weighted by molar-refractivity contribution is 5.89. The Bertz CT molecular complexity index is 1190. The van der Waals surface area contributed by atoms with Crippen molar-refractivity contribution in [1.82, 2.24) is 16.0 Å². The molecule has 0 unspecified atom stereocenters. The molecule has 2 fully saturated rings. The van der Waals surface area contributed by atoms with Gasteiger partial charge in [-0.3, -0.25) is 4.79 Å². The van der Waals surface area contributed by atoms with Crippen LogP contribution in [0.25, 0.3) is 11.1 Å². The van der Waals surface area contributed by atoms with Crippen LogP contribution in [0.4, 0.5) is 9.18 Å². The molecule has 0 saturated carbocycles. The highest BCUT2D eigenvalue weighted by atomic mass is 19.1. The molecule has 4 rings (SSSR count). The zero-order valence-corrected chi connectivity index (χ0v) is 21.4.